The molecule has 0 aliphatic heterocycles. The molecule has 5 heteroatoms. The molecule has 0 aromatic heterocycles. The van der Waals surface area contributed by atoms with Crippen molar-refractivity contribution in [3.05, 3.63) is 0 Å². The third-order valence-corrected chi connectivity index (χ3v) is 2.72. The van der Waals surface area contributed by atoms with Crippen LogP contribution in [0.5, 0.6) is 0 Å². The molecule has 1 aliphatic rings. The van der Waals surface area contributed by atoms with Gasteiger partial charge in [-0.2, -0.15) is 0 Å². The first-order chi connectivity index (χ1) is 7.99. The lowest BCUT2D eigenvalue weighted by Gasteiger charge is -2.23. The van der Waals surface area contributed by atoms with Gasteiger partial charge >= 0.3 is 12.0 Å². The SMILES string of the molecule is CC(C)CN(CC(=O)O)C(=O)NCCC1CC1. The highest BCUT2D eigenvalue weighted by molar-refractivity contribution is 5.80. The lowest BCUT2D eigenvalue weighted by molar-refractivity contribution is -0.137. The number of hydrogen-bond donors (Lipinski definition) is 2. The van der Waals surface area contributed by atoms with Crippen molar-refractivity contribution in [1.29, 1.82) is 0 Å². The molecule has 0 radical (unpaired) electrons. The van der Waals surface area contributed by atoms with Crippen LogP contribution >= 0.6 is 0 Å². The van der Waals surface area contributed by atoms with Crippen molar-refractivity contribution in [3.63, 3.8) is 0 Å². The maximum absolute atomic E-state index is 11.8. The Kier molecular flexibility index (Phi) is 5.25. The van der Waals surface area contributed by atoms with E-state index in [1.807, 2.05) is 13.8 Å². The Bertz CT molecular complexity index is 275. The van der Waals surface area contributed by atoms with Crippen LogP contribution in [0.2, 0.25) is 0 Å². The molecule has 0 atom stereocenters. The number of urea groups is 1. The van der Waals surface area contributed by atoms with Crippen molar-refractivity contribution in [1.82, 2.24) is 10.2 Å². The highest BCUT2D eigenvalue weighted by atomic mass is 16.4. The van der Waals surface area contributed by atoms with Gasteiger partial charge in [-0.05, 0) is 18.3 Å². The van der Waals surface area contributed by atoms with Crippen LogP contribution in [0, 0.1) is 11.8 Å². The first-order valence-corrected chi connectivity index (χ1v) is 6.23. The number of carbonyl (C=O) groups is 2. The van der Waals surface area contributed by atoms with Crippen molar-refractivity contribution in [2.75, 3.05) is 19.6 Å². The summed E-state index contributed by atoms with van der Waals surface area (Å²) in [4.78, 5) is 23.8. The van der Waals surface area contributed by atoms with Gasteiger partial charge in [0.1, 0.15) is 6.54 Å². The Morgan fingerprint density at radius 3 is 2.53 bits per heavy atom. The van der Waals surface area contributed by atoms with Gasteiger partial charge in [0.15, 0.2) is 0 Å². The van der Waals surface area contributed by atoms with Crippen molar-refractivity contribution in [2.45, 2.75) is 33.1 Å². The molecule has 0 heterocycles. The quantitative estimate of drug-likeness (QED) is 0.711. The fourth-order valence-electron chi connectivity index (χ4n) is 1.72. The number of aliphatic carboxylic acids is 1. The summed E-state index contributed by atoms with van der Waals surface area (Å²) in [5, 5.41) is 11.5. The van der Waals surface area contributed by atoms with E-state index >= 15 is 0 Å². The zero-order valence-corrected chi connectivity index (χ0v) is 10.6. The van der Waals surface area contributed by atoms with E-state index in [9.17, 15) is 9.59 Å². The fourth-order valence-corrected chi connectivity index (χ4v) is 1.72. The molecule has 1 rings (SSSR count). The second-order valence-corrected chi connectivity index (χ2v) is 5.13. The molecule has 2 N–H and O–H groups in total. The van der Waals surface area contributed by atoms with Crippen LogP contribution in [0.3, 0.4) is 0 Å². The molecule has 5 nitrogen and oxygen atoms in total. The standard InChI is InChI=1S/C12H22N2O3/c1-9(2)7-14(8-11(15)16)12(17)13-6-5-10-3-4-10/h9-10H,3-8H2,1-2H3,(H,13,17)(H,15,16). The summed E-state index contributed by atoms with van der Waals surface area (Å²) in [5.41, 5.74) is 0. The predicted octanol–water partition coefficient (Wildman–Crippen LogP) is 1.54. The minimum atomic E-state index is -0.969. The van der Waals surface area contributed by atoms with Crippen molar-refractivity contribution in [2.24, 2.45) is 11.8 Å². The normalized spacial score (nSPS) is 14.8. The molecular formula is C12H22N2O3. The topological polar surface area (TPSA) is 69.6 Å². The van der Waals surface area contributed by atoms with E-state index in [-0.39, 0.29) is 18.5 Å². The molecule has 2 amide bonds. The van der Waals surface area contributed by atoms with E-state index in [1.54, 1.807) is 0 Å². The van der Waals surface area contributed by atoms with E-state index in [4.69, 9.17) is 5.11 Å². The van der Waals surface area contributed by atoms with Gasteiger partial charge in [0.05, 0.1) is 0 Å². The number of nitrogens with one attached hydrogen (secondary N) is 1. The molecule has 0 saturated heterocycles. The molecule has 98 valence electrons. The van der Waals surface area contributed by atoms with Crippen molar-refractivity contribution >= 4 is 12.0 Å². The van der Waals surface area contributed by atoms with E-state index in [2.05, 4.69) is 5.32 Å². The summed E-state index contributed by atoms with van der Waals surface area (Å²) in [6, 6.07) is -0.262. The highest BCUT2D eigenvalue weighted by Gasteiger charge is 2.22. The van der Waals surface area contributed by atoms with Gasteiger partial charge in [-0.3, -0.25) is 4.79 Å². The average molecular weight is 242 g/mol. The van der Waals surface area contributed by atoms with Crippen LogP contribution in [-0.2, 0) is 4.79 Å². The number of carboxylic acid groups (broad SMARTS) is 1. The summed E-state index contributed by atoms with van der Waals surface area (Å²) in [7, 11) is 0. The molecule has 17 heavy (non-hydrogen) atoms. The summed E-state index contributed by atoms with van der Waals surface area (Å²) in [6.45, 7) is 4.82. The largest absolute Gasteiger partial charge is 0.480 e. The smallest absolute Gasteiger partial charge is 0.323 e. The van der Waals surface area contributed by atoms with Crippen molar-refractivity contribution < 1.29 is 14.7 Å². The summed E-state index contributed by atoms with van der Waals surface area (Å²) >= 11 is 0. The predicted molar refractivity (Wildman–Crippen MR) is 64.8 cm³/mol. The third-order valence-electron chi connectivity index (χ3n) is 2.72. The van der Waals surface area contributed by atoms with Gasteiger partial charge in [-0.15, -0.1) is 0 Å². The average Bonchev–Trinajstić information content (AvgIpc) is 2.99. The first kappa shape index (κ1) is 13.8. The molecule has 0 bridgehead atoms. The minimum absolute atomic E-state index is 0.229. The Labute approximate surface area is 102 Å². The maximum atomic E-state index is 11.8. The zero-order chi connectivity index (χ0) is 12.8. The number of carbonyl (C=O) groups excluding carboxylic acids is 1. The van der Waals surface area contributed by atoms with Gasteiger partial charge in [-0.1, -0.05) is 26.7 Å². The van der Waals surface area contributed by atoms with Crippen LogP contribution in [0.4, 0.5) is 4.79 Å². The zero-order valence-electron chi connectivity index (χ0n) is 10.6. The van der Waals surface area contributed by atoms with Crippen LogP contribution in [-0.4, -0.2) is 41.6 Å². The monoisotopic (exact) mass is 242 g/mol. The number of hydrogen-bond acceptors (Lipinski definition) is 2. The van der Waals surface area contributed by atoms with Crippen molar-refractivity contribution in [3.8, 4) is 0 Å². The van der Waals surface area contributed by atoms with E-state index in [1.165, 1.54) is 17.7 Å². The van der Waals surface area contributed by atoms with E-state index in [0.29, 0.717) is 13.1 Å². The third kappa shape index (κ3) is 6.14. The van der Waals surface area contributed by atoms with Gasteiger partial charge in [-0.25, -0.2) is 4.79 Å². The molecule has 1 aliphatic carbocycles. The van der Waals surface area contributed by atoms with Crippen LogP contribution in [0.15, 0.2) is 0 Å². The molecule has 0 spiro atoms. The van der Waals surface area contributed by atoms with Crippen LogP contribution < -0.4 is 5.32 Å². The lowest BCUT2D eigenvalue weighted by atomic mass is 10.2. The Morgan fingerprint density at radius 1 is 1.41 bits per heavy atom. The lowest BCUT2D eigenvalue weighted by Crippen LogP contribution is -2.44. The Morgan fingerprint density at radius 2 is 2.06 bits per heavy atom. The number of amides is 2. The molecule has 1 saturated carbocycles. The molecule has 0 aromatic carbocycles. The van der Waals surface area contributed by atoms with Crippen LogP contribution in [0.1, 0.15) is 33.1 Å². The summed E-state index contributed by atoms with van der Waals surface area (Å²) < 4.78 is 0. The molecule has 0 unspecified atom stereocenters. The van der Waals surface area contributed by atoms with Gasteiger partial charge in [0.25, 0.3) is 0 Å². The minimum Gasteiger partial charge on any atom is -0.480 e. The van der Waals surface area contributed by atoms with E-state index in [0.717, 1.165) is 12.3 Å². The first-order valence-electron chi connectivity index (χ1n) is 6.23. The summed E-state index contributed by atoms with van der Waals surface area (Å²) in [6.07, 6.45) is 3.54. The van der Waals surface area contributed by atoms with Crippen LogP contribution in [0.25, 0.3) is 0 Å². The molecular weight excluding hydrogens is 220 g/mol. The molecule has 1 fully saturated rings. The van der Waals surface area contributed by atoms with E-state index < -0.39 is 5.97 Å². The fraction of sp³-hybridized carbons (Fsp3) is 0.833. The van der Waals surface area contributed by atoms with Gasteiger partial charge < -0.3 is 15.3 Å². The highest BCUT2D eigenvalue weighted by Crippen LogP contribution is 2.31. The molecule has 0 aromatic rings. The summed E-state index contributed by atoms with van der Waals surface area (Å²) in [5.74, 6) is 0.0693. The maximum Gasteiger partial charge on any atom is 0.323 e. The number of rotatable bonds is 7. The number of carboxylic acids is 1. The number of nitrogens with zero attached hydrogens (tertiary/aromatic N) is 1. The Balaban J connectivity index is 2.31. The Hall–Kier alpha value is -1.26. The second-order valence-electron chi connectivity index (χ2n) is 5.13. The second kappa shape index (κ2) is 6.47. The van der Waals surface area contributed by atoms with Gasteiger partial charge in [0, 0.05) is 13.1 Å². The van der Waals surface area contributed by atoms with Gasteiger partial charge in [0.2, 0.25) is 0 Å².